The number of aromatic nitrogens is 2. The smallest absolute Gasteiger partial charge is 0.133 e. The van der Waals surface area contributed by atoms with Crippen molar-refractivity contribution in [2.24, 2.45) is 0 Å². The Hall–Kier alpha value is -1.36. The lowest BCUT2D eigenvalue weighted by Gasteiger charge is -2.03. The molecular weight excluding hydrogens is 252 g/mol. The molecule has 0 aliphatic heterocycles. The van der Waals surface area contributed by atoms with Crippen molar-refractivity contribution in [3.8, 4) is 0 Å². The van der Waals surface area contributed by atoms with E-state index in [4.69, 9.17) is 16.3 Å². The number of hydrogen-bond acceptors (Lipinski definition) is 3. The second kappa shape index (κ2) is 6.00. The van der Waals surface area contributed by atoms with Crippen LogP contribution in [0.3, 0.4) is 0 Å². The number of aliphatic hydroxyl groups excluding tert-OH is 1. The Morgan fingerprint density at radius 2 is 2.06 bits per heavy atom. The van der Waals surface area contributed by atoms with Crippen molar-refractivity contribution in [2.45, 2.75) is 19.8 Å². The molecule has 0 aliphatic rings. The average Bonchev–Trinajstić information content (AvgIpc) is 2.67. The first-order chi connectivity index (χ1) is 8.76. The Labute approximate surface area is 111 Å². The van der Waals surface area contributed by atoms with Gasteiger partial charge in [0.1, 0.15) is 5.15 Å². The van der Waals surface area contributed by atoms with Gasteiger partial charge in [-0.05, 0) is 5.56 Å². The molecule has 1 heterocycles. The topological polar surface area (TPSA) is 47.3 Å². The molecule has 2 rings (SSSR count). The van der Waals surface area contributed by atoms with E-state index in [1.54, 1.807) is 11.8 Å². The highest BCUT2D eigenvalue weighted by Gasteiger charge is 2.15. The molecule has 96 valence electrons. The summed E-state index contributed by atoms with van der Waals surface area (Å²) in [5.41, 5.74) is 2.42. The molecule has 2 aromatic rings. The molecule has 18 heavy (non-hydrogen) atoms. The maximum atomic E-state index is 9.31. The Kier molecular flexibility index (Phi) is 4.36. The molecule has 0 spiro atoms. The van der Waals surface area contributed by atoms with Gasteiger partial charge in [0, 0.05) is 12.7 Å². The zero-order valence-electron chi connectivity index (χ0n) is 10.1. The van der Waals surface area contributed by atoms with Crippen molar-refractivity contribution in [3.05, 3.63) is 52.3 Å². The van der Waals surface area contributed by atoms with Crippen LogP contribution in [0.2, 0.25) is 5.15 Å². The molecule has 0 saturated heterocycles. The summed E-state index contributed by atoms with van der Waals surface area (Å²) in [5, 5.41) is 14.1. The first-order valence-corrected chi connectivity index (χ1v) is 6.01. The van der Waals surface area contributed by atoms with Gasteiger partial charge in [-0.3, -0.25) is 0 Å². The highest BCUT2D eigenvalue weighted by Crippen LogP contribution is 2.21. The van der Waals surface area contributed by atoms with Gasteiger partial charge in [-0.1, -0.05) is 41.9 Å². The lowest BCUT2D eigenvalue weighted by atomic mass is 10.2. The van der Waals surface area contributed by atoms with Crippen LogP contribution in [0.25, 0.3) is 0 Å². The van der Waals surface area contributed by atoms with E-state index in [1.165, 1.54) is 0 Å². The average molecular weight is 267 g/mol. The molecule has 0 saturated carbocycles. The maximum Gasteiger partial charge on any atom is 0.133 e. The van der Waals surface area contributed by atoms with E-state index in [-0.39, 0.29) is 6.61 Å². The van der Waals surface area contributed by atoms with Crippen LogP contribution in [0.5, 0.6) is 0 Å². The van der Waals surface area contributed by atoms with Crippen molar-refractivity contribution in [1.29, 1.82) is 0 Å². The van der Waals surface area contributed by atoms with E-state index >= 15 is 0 Å². The normalized spacial score (nSPS) is 10.8. The maximum absolute atomic E-state index is 9.31. The summed E-state index contributed by atoms with van der Waals surface area (Å²) in [6.45, 7) is 0.792. The molecule has 0 radical (unpaired) electrons. The summed E-state index contributed by atoms with van der Waals surface area (Å²) >= 11 is 6.20. The minimum Gasteiger partial charge on any atom is -0.391 e. The van der Waals surface area contributed by atoms with Gasteiger partial charge >= 0.3 is 0 Å². The molecule has 1 aromatic carbocycles. The van der Waals surface area contributed by atoms with Crippen LogP contribution in [0.4, 0.5) is 0 Å². The van der Waals surface area contributed by atoms with Gasteiger partial charge in [-0.2, -0.15) is 5.10 Å². The van der Waals surface area contributed by atoms with Crippen LogP contribution in [0, 0.1) is 0 Å². The first kappa shape index (κ1) is 13.1. The minimum atomic E-state index is -0.133. The van der Waals surface area contributed by atoms with Gasteiger partial charge in [-0.15, -0.1) is 0 Å². The number of benzene rings is 1. The Morgan fingerprint density at radius 1 is 1.33 bits per heavy atom. The van der Waals surface area contributed by atoms with Crippen molar-refractivity contribution >= 4 is 11.6 Å². The minimum absolute atomic E-state index is 0.133. The zero-order chi connectivity index (χ0) is 13.0. The van der Waals surface area contributed by atoms with Crippen molar-refractivity contribution in [1.82, 2.24) is 9.78 Å². The largest absolute Gasteiger partial charge is 0.391 e. The molecule has 0 bridgehead atoms. The van der Waals surface area contributed by atoms with E-state index in [9.17, 15) is 5.11 Å². The van der Waals surface area contributed by atoms with Crippen molar-refractivity contribution in [3.63, 3.8) is 0 Å². The quantitative estimate of drug-likeness (QED) is 0.903. The second-order valence-electron chi connectivity index (χ2n) is 3.95. The van der Waals surface area contributed by atoms with E-state index in [0.29, 0.717) is 29.6 Å². The third kappa shape index (κ3) is 2.72. The SMILES string of the molecule is COCc1nn(Cc2ccccc2)c(Cl)c1CO. The van der Waals surface area contributed by atoms with Crippen LogP contribution in [-0.2, 0) is 24.5 Å². The standard InChI is InChI=1S/C13H15ClN2O2/c1-18-9-12-11(8-17)13(14)16(15-12)7-10-5-3-2-4-6-10/h2-6,17H,7-9H2,1H3. The van der Waals surface area contributed by atoms with Crippen LogP contribution >= 0.6 is 11.6 Å². The van der Waals surface area contributed by atoms with Gasteiger partial charge in [-0.25, -0.2) is 4.68 Å². The third-order valence-electron chi connectivity index (χ3n) is 2.68. The number of halogens is 1. The van der Waals surface area contributed by atoms with Crippen molar-refractivity contribution < 1.29 is 9.84 Å². The Morgan fingerprint density at radius 3 is 2.67 bits per heavy atom. The Balaban J connectivity index is 2.28. The fourth-order valence-corrected chi connectivity index (χ4v) is 2.06. The molecule has 1 aromatic heterocycles. The fraction of sp³-hybridized carbons (Fsp3) is 0.308. The van der Waals surface area contributed by atoms with Crippen molar-refractivity contribution in [2.75, 3.05) is 7.11 Å². The number of hydrogen-bond donors (Lipinski definition) is 1. The molecule has 1 N–H and O–H groups in total. The monoisotopic (exact) mass is 266 g/mol. The van der Waals surface area contributed by atoms with Gasteiger partial charge in [0.15, 0.2) is 0 Å². The molecule has 5 heteroatoms. The van der Waals surface area contributed by atoms with Crippen LogP contribution in [-0.4, -0.2) is 22.0 Å². The lowest BCUT2D eigenvalue weighted by Crippen LogP contribution is -2.02. The highest BCUT2D eigenvalue weighted by molar-refractivity contribution is 6.30. The van der Waals surface area contributed by atoms with Gasteiger partial charge in [0.25, 0.3) is 0 Å². The summed E-state index contributed by atoms with van der Waals surface area (Å²) in [5.74, 6) is 0. The predicted octanol–water partition coefficient (Wildman–Crippen LogP) is 2.22. The third-order valence-corrected chi connectivity index (χ3v) is 3.10. The molecule has 4 nitrogen and oxygen atoms in total. The Bertz CT molecular complexity index is 511. The number of aliphatic hydroxyl groups is 1. The summed E-state index contributed by atoms with van der Waals surface area (Å²) < 4.78 is 6.72. The van der Waals surface area contributed by atoms with Crippen LogP contribution in [0.15, 0.2) is 30.3 Å². The number of methoxy groups -OCH3 is 1. The molecule has 0 unspecified atom stereocenters. The summed E-state index contributed by atoms with van der Waals surface area (Å²) in [4.78, 5) is 0. The number of ether oxygens (including phenoxy) is 1. The molecule has 0 atom stereocenters. The second-order valence-corrected chi connectivity index (χ2v) is 4.31. The van der Waals surface area contributed by atoms with Gasteiger partial charge in [0.2, 0.25) is 0 Å². The summed E-state index contributed by atoms with van der Waals surface area (Å²) in [6, 6.07) is 9.91. The predicted molar refractivity (Wildman–Crippen MR) is 69.4 cm³/mol. The zero-order valence-corrected chi connectivity index (χ0v) is 10.9. The summed E-state index contributed by atoms with van der Waals surface area (Å²) in [6.07, 6.45) is 0. The van der Waals surface area contributed by atoms with Gasteiger partial charge in [0.05, 0.1) is 25.5 Å². The van der Waals surface area contributed by atoms with E-state index in [1.807, 2.05) is 30.3 Å². The number of rotatable bonds is 5. The molecule has 0 aliphatic carbocycles. The van der Waals surface area contributed by atoms with E-state index < -0.39 is 0 Å². The summed E-state index contributed by atoms with van der Waals surface area (Å²) in [7, 11) is 1.59. The molecule has 0 fully saturated rings. The van der Waals surface area contributed by atoms with Crippen LogP contribution in [0.1, 0.15) is 16.8 Å². The van der Waals surface area contributed by atoms with Crippen LogP contribution < -0.4 is 0 Å². The van der Waals surface area contributed by atoms with E-state index in [0.717, 1.165) is 5.56 Å². The van der Waals surface area contributed by atoms with E-state index in [2.05, 4.69) is 5.10 Å². The highest BCUT2D eigenvalue weighted by atomic mass is 35.5. The first-order valence-electron chi connectivity index (χ1n) is 5.64. The number of nitrogens with zero attached hydrogens (tertiary/aromatic N) is 2. The fourth-order valence-electron chi connectivity index (χ4n) is 1.80. The molecule has 0 amide bonds. The lowest BCUT2D eigenvalue weighted by molar-refractivity contribution is 0.177. The van der Waals surface area contributed by atoms with Gasteiger partial charge < -0.3 is 9.84 Å². The molecular formula is C13H15ClN2O2.